The molecule has 1 aromatic heterocycles. The van der Waals surface area contributed by atoms with Crippen LogP contribution in [0.25, 0.3) is 11.4 Å². The molecule has 0 spiro atoms. The van der Waals surface area contributed by atoms with Gasteiger partial charge in [0.05, 0.1) is 5.02 Å². The first kappa shape index (κ1) is 11.9. The van der Waals surface area contributed by atoms with Gasteiger partial charge in [-0.3, -0.25) is 0 Å². The minimum atomic E-state index is 0.578. The maximum atomic E-state index is 6.26. The molecule has 2 nitrogen and oxygen atoms in total. The molecule has 0 saturated carbocycles. The van der Waals surface area contributed by atoms with Crippen LogP contribution in [0.2, 0.25) is 10.2 Å². The maximum Gasteiger partial charge on any atom is 0.162 e. The largest absolute Gasteiger partial charge is 0.233 e. The van der Waals surface area contributed by atoms with Crippen LogP contribution >= 0.6 is 23.2 Å². The molecule has 1 aromatic carbocycles. The zero-order valence-electron chi connectivity index (χ0n) is 9.79. The Balaban J connectivity index is 2.14. The highest BCUT2D eigenvalue weighted by Crippen LogP contribution is 2.30. The summed E-state index contributed by atoms with van der Waals surface area (Å²) in [5.41, 5.74) is 3.03. The van der Waals surface area contributed by atoms with E-state index >= 15 is 0 Å². The van der Waals surface area contributed by atoms with Crippen LogP contribution in [0.1, 0.15) is 24.1 Å². The fourth-order valence-corrected chi connectivity index (χ4v) is 2.82. The van der Waals surface area contributed by atoms with Crippen LogP contribution in [0.3, 0.4) is 0 Å². The number of nitrogens with zero attached hydrogens (tertiary/aromatic N) is 2. The smallest absolute Gasteiger partial charge is 0.162 e. The summed E-state index contributed by atoms with van der Waals surface area (Å²) in [5.74, 6) is 0.631. The van der Waals surface area contributed by atoms with Gasteiger partial charge in [0.2, 0.25) is 0 Å². The predicted octanol–water partition coefficient (Wildman–Crippen LogP) is 4.33. The van der Waals surface area contributed by atoms with Crippen molar-refractivity contribution < 1.29 is 0 Å². The standard InChI is InChI=1S/C14H12Cl2N2/c15-11-7-3-1-5-9(11)14-17-12-8-4-2-6-10(12)13(16)18-14/h1,3,5,7H,2,4,6,8H2. The number of fused-ring (bicyclic) bond motifs is 1. The summed E-state index contributed by atoms with van der Waals surface area (Å²) < 4.78 is 0. The van der Waals surface area contributed by atoms with Crippen molar-refractivity contribution in [1.82, 2.24) is 9.97 Å². The van der Waals surface area contributed by atoms with Gasteiger partial charge in [-0.2, -0.15) is 0 Å². The Labute approximate surface area is 116 Å². The predicted molar refractivity (Wildman–Crippen MR) is 74.1 cm³/mol. The fourth-order valence-electron chi connectivity index (χ4n) is 2.31. The van der Waals surface area contributed by atoms with Gasteiger partial charge in [-0.15, -0.1) is 0 Å². The number of rotatable bonds is 1. The van der Waals surface area contributed by atoms with E-state index in [0.717, 1.165) is 29.7 Å². The van der Waals surface area contributed by atoms with Crippen LogP contribution in [0.4, 0.5) is 0 Å². The van der Waals surface area contributed by atoms with Gasteiger partial charge in [-0.05, 0) is 37.8 Å². The topological polar surface area (TPSA) is 25.8 Å². The molecule has 1 aliphatic carbocycles. The van der Waals surface area contributed by atoms with E-state index in [1.807, 2.05) is 24.3 Å². The van der Waals surface area contributed by atoms with Crippen molar-refractivity contribution in [3.63, 3.8) is 0 Å². The van der Waals surface area contributed by atoms with Crippen LogP contribution in [-0.2, 0) is 12.8 Å². The van der Waals surface area contributed by atoms with Crippen molar-refractivity contribution in [3.8, 4) is 11.4 Å². The zero-order chi connectivity index (χ0) is 12.5. The number of halogens is 2. The highest BCUT2D eigenvalue weighted by molar-refractivity contribution is 6.33. The van der Waals surface area contributed by atoms with E-state index in [1.165, 1.54) is 12.8 Å². The Bertz CT molecular complexity index is 596. The monoisotopic (exact) mass is 278 g/mol. The average Bonchev–Trinajstić information content (AvgIpc) is 2.39. The van der Waals surface area contributed by atoms with Gasteiger partial charge in [0.25, 0.3) is 0 Å². The quantitative estimate of drug-likeness (QED) is 0.726. The Morgan fingerprint density at radius 2 is 1.72 bits per heavy atom. The maximum absolute atomic E-state index is 6.26. The van der Waals surface area contributed by atoms with Crippen LogP contribution in [0.15, 0.2) is 24.3 Å². The third-order valence-corrected chi connectivity index (χ3v) is 3.89. The first-order valence-electron chi connectivity index (χ1n) is 6.06. The number of benzene rings is 1. The Morgan fingerprint density at radius 1 is 0.944 bits per heavy atom. The number of aryl methyl sites for hydroxylation is 1. The fraction of sp³-hybridized carbons (Fsp3) is 0.286. The van der Waals surface area contributed by atoms with E-state index in [9.17, 15) is 0 Å². The summed E-state index contributed by atoms with van der Waals surface area (Å²) in [6.07, 6.45) is 4.30. The molecule has 0 bridgehead atoms. The van der Waals surface area contributed by atoms with E-state index in [-0.39, 0.29) is 0 Å². The summed E-state index contributed by atoms with van der Waals surface area (Å²) in [4.78, 5) is 9.01. The molecular formula is C14H12Cl2N2. The molecular weight excluding hydrogens is 267 g/mol. The second-order valence-electron chi connectivity index (χ2n) is 4.45. The van der Waals surface area contributed by atoms with Gasteiger partial charge in [0.1, 0.15) is 5.15 Å². The molecule has 1 heterocycles. The van der Waals surface area contributed by atoms with Gasteiger partial charge >= 0.3 is 0 Å². The molecule has 3 rings (SSSR count). The molecule has 92 valence electrons. The minimum absolute atomic E-state index is 0.578. The third kappa shape index (κ3) is 2.11. The molecule has 0 radical (unpaired) electrons. The zero-order valence-corrected chi connectivity index (χ0v) is 11.3. The highest BCUT2D eigenvalue weighted by Gasteiger charge is 2.18. The van der Waals surface area contributed by atoms with Gasteiger partial charge in [-0.25, -0.2) is 9.97 Å². The summed E-state index contributed by atoms with van der Waals surface area (Å²) in [7, 11) is 0. The molecule has 2 aromatic rings. The van der Waals surface area contributed by atoms with Gasteiger partial charge < -0.3 is 0 Å². The van der Waals surface area contributed by atoms with Crippen molar-refractivity contribution in [3.05, 3.63) is 45.7 Å². The number of hydrogen-bond acceptors (Lipinski definition) is 2. The Morgan fingerprint density at radius 3 is 2.56 bits per heavy atom. The van der Waals surface area contributed by atoms with Crippen molar-refractivity contribution in [2.75, 3.05) is 0 Å². The minimum Gasteiger partial charge on any atom is -0.233 e. The average molecular weight is 279 g/mol. The van der Waals surface area contributed by atoms with E-state index < -0.39 is 0 Å². The van der Waals surface area contributed by atoms with Crippen molar-refractivity contribution >= 4 is 23.2 Å². The lowest BCUT2D eigenvalue weighted by atomic mass is 9.97. The molecule has 18 heavy (non-hydrogen) atoms. The van der Waals surface area contributed by atoms with Gasteiger partial charge in [0.15, 0.2) is 5.82 Å². The van der Waals surface area contributed by atoms with Crippen LogP contribution in [-0.4, -0.2) is 9.97 Å². The number of hydrogen-bond donors (Lipinski definition) is 0. The summed E-state index contributed by atoms with van der Waals surface area (Å²) >= 11 is 12.4. The third-order valence-electron chi connectivity index (χ3n) is 3.25. The lowest BCUT2D eigenvalue weighted by Gasteiger charge is -2.16. The van der Waals surface area contributed by atoms with E-state index in [4.69, 9.17) is 23.2 Å². The summed E-state index contributed by atoms with van der Waals surface area (Å²) in [6, 6.07) is 7.58. The first-order chi connectivity index (χ1) is 8.75. The Kier molecular flexibility index (Phi) is 3.23. The molecule has 0 fully saturated rings. The molecule has 0 atom stereocenters. The van der Waals surface area contributed by atoms with Gasteiger partial charge in [-0.1, -0.05) is 35.3 Å². The van der Waals surface area contributed by atoms with Crippen molar-refractivity contribution in [2.24, 2.45) is 0 Å². The van der Waals surface area contributed by atoms with E-state index in [0.29, 0.717) is 16.0 Å². The molecule has 0 saturated heterocycles. The van der Waals surface area contributed by atoms with E-state index in [1.54, 1.807) is 0 Å². The lowest BCUT2D eigenvalue weighted by molar-refractivity contribution is 0.663. The van der Waals surface area contributed by atoms with Crippen molar-refractivity contribution in [1.29, 1.82) is 0 Å². The van der Waals surface area contributed by atoms with Crippen LogP contribution in [0.5, 0.6) is 0 Å². The molecule has 0 aliphatic heterocycles. The molecule has 0 unspecified atom stereocenters. The second-order valence-corrected chi connectivity index (χ2v) is 5.22. The Hall–Kier alpha value is -1.12. The second kappa shape index (κ2) is 4.87. The molecule has 0 N–H and O–H groups in total. The van der Waals surface area contributed by atoms with Gasteiger partial charge in [0, 0.05) is 16.8 Å². The van der Waals surface area contributed by atoms with Crippen LogP contribution in [0, 0.1) is 0 Å². The summed E-state index contributed by atoms with van der Waals surface area (Å²) in [5, 5.41) is 1.24. The summed E-state index contributed by atoms with van der Waals surface area (Å²) in [6.45, 7) is 0. The normalized spacial score (nSPS) is 14.3. The SMILES string of the molecule is Clc1ccccc1-c1nc(Cl)c2c(n1)CCCC2. The highest BCUT2D eigenvalue weighted by atomic mass is 35.5. The van der Waals surface area contributed by atoms with Crippen molar-refractivity contribution in [2.45, 2.75) is 25.7 Å². The first-order valence-corrected chi connectivity index (χ1v) is 6.81. The molecule has 1 aliphatic rings. The lowest BCUT2D eigenvalue weighted by Crippen LogP contribution is -2.08. The molecule has 0 amide bonds. The van der Waals surface area contributed by atoms with Crippen LogP contribution < -0.4 is 0 Å². The number of aromatic nitrogens is 2. The van der Waals surface area contributed by atoms with E-state index in [2.05, 4.69) is 9.97 Å². The molecule has 4 heteroatoms.